The zero-order chi connectivity index (χ0) is 13.4. The van der Waals surface area contributed by atoms with E-state index >= 15 is 0 Å². The summed E-state index contributed by atoms with van der Waals surface area (Å²) in [6.45, 7) is 0.579. The highest BCUT2D eigenvalue weighted by molar-refractivity contribution is 9.10. The average Bonchev–Trinajstić information content (AvgIpc) is 2.12. The maximum atomic E-state index is 12.4. The lowest BCUT2D eigenvalue weighted by Crippen LogP contribution is -2.09. The van der Waals surface area contributed by atoms with E-state index in [4.69, 9.17) is 4.11 Å². The van der Waals surface area contributed by atoms with Gasteiger partial charge in [0.2, 0.25) is 0 Å². The number of alkyl halides is 3. The van der Waals surface area contributed by atoms with E-state index < -0.39 is 18.6 Å². The van der Waals surface area contributed by atoms with E-state index in [0.29, 0.717) is 0 Å². The molecule has 4 heteroatoms. The molecule has 0 bridgehead atoms. The fraction of sp³-hybridized carbons (Fsp3) is 0.200. The van der Waals surface area contributed by atoms with Crippen LogP contribution in [-0.4, -0.2) is 6.18 Å². The van der Waals surface area contributed by atoms with Crippen LogP contribution >= 0.6 is 15.9 Å². The molecule has 0 nitrogen and oxygen atoms in total. The first-order valence-corrected chi connectivity index (χ1v) is 4.39. The summed E-state index contributed by atoms with van der Waals surface area (Å²) in [5.41, 5.74) is -1.19. The van der Waals surface area contributed by atoms with E-state index in [2.05, 4.69) is 22.5 Å². The Kier molecular flexibility index (Phi) is 2.02. The molecule has 0 saturated heterocycles. The molecule has 0 fully saturated rings. The SMILES string of the molecule is [2H]C([2H])([2H])c1ccc(C(=C)C(F)(F)F)cc1Br. The highest BCUT2D eigenvalue weighted by atomic mass is 79.9. The lowest BCUT2D eigenvalue weighted by molar-refractivity contribution is -0.0686. The molecule has 0 unspecified atom stereocenters. The number of aryl methyl sites for hydroxylation is 1. The number of benzene rings is 1. The summed E-state index contributed by atoms with van der Waals surface area (Å²) in [6.07, 6.45) is -4.53. The second kappa shape index (κ2) is 3.77. The van der Waals surface area contributed by atoms with E-state index in [1.165, 1.54) is 0 Å². The fourth-order valence-corrected chi connectivity index (χ4v) is 1.25. The van der Waals surface area contributed by atoms with Gasteiger partial charge in [-0.2, -0.15) is 13.2 Å². The Balaban J connectivity index is 3.19. The molecule has 0 N–H and O–H groups in total. The predicted molar refractivity (Wildman–Crippen MR) is 54.0 cm³/mol. The molecular formula is C10H8BrF3. The topological polar surface area (TPSA) is 0 Å². The molecule has 1 aromatic rings. The lowest BCUT2D eigenvalue weighted by atomic mass is 10.1. The number of hydrogen-bond donors (Lipinski definition) is 0. The van der Waals surface area contributed by atoms with Crippen LogP contribution in [0.15, 0.2) is 29.3 Å². The van der Waals surface area contributed by atoms with Gasteiger partial charge in [0, 0.05) is 8.58 Å². The quantitative estimate of drug-likeness (QED) is 0.711. The molecular weight excluding hydrogens is 257 g/mol. The average molecular weight is 268 g/mol. The van der Waals surface area contributed by atoms with Crippen molar-refractivity contribution in [3.05, 3.63) is 40.4 Å². The number of allylic oxidation sites excluding steroid dienone is 1. The summed E-state index contributed by atoms with van der Waals surface area (Å²) < 4.78 is 58.8. The Morgan fingerprint density at radius 3 is 2.57 bits per heavy atom. The van der Waals surface area contributed by atoms with E-state index in [1.54, 1.807) is 0 Å². The van der Waals surface area contributed by atoms with Crippen LogP contribution in [0, 0.1) is 6.85 Å². The maximum absolute atomic E-state index is 12.4. The molecule has 0 aliphatic heterocycles. The molecule has 1 aromatic carbocycles. The van der Waals surface area contributed by atoms with Gasteiger partial charge in [-0.3, -0.25) is 0 Å². The van der Waals surface area contributed by atoms with Crippen LogP contribution in [0.1, 0.15) is 15.2 Å². The molecule has 0 saturated carbocycles. The Labute approximate surface area is 92.8 Å². The zero-order valence-electron chi connectivity index (χ0n) is 9.95. The van der Waals surface area contributed by atoms with Gasteiger partial charge in [-0.1, -0.05) is 34.6 Å². The van der Waals surface area contributed by atoms with Gasteiger partial charge in [0.25, 0.3) is 0 Å². The third-order valence-corrected chi connectivity index (χ3v) is 2.32. The van der Waals surface area contributed by atoms with Crippen molar-refractivity contribution in [2.24, 2.45) is 0 Å². The Morgan fingerprint density at radius 2 is 2.14 bits per heavy atom. The monoisotopic (exact) mass is 267 g/mol. The summed E-state index contributed by atoms with van der Waals surface area (Å²) in [5.74, 6) is 0. The van der Waals surface area contributed by atoms with Crippen LogP contribution in [0.4, 0.5) is 13.2 Å². The molecule has 0 radical (unpaired) electrons. The molecule has 0 spiro atoms. The molecule has 0 atom stereocenters. The van der Waals surface area contributed by atoms with Crippen LogP contribution in [-0.2, 0) is 0 Å². The predicted octanol–water partition coefficient (Wildman–Crippen LogP) is 4.33. The van der Waals surface area contributed by atoms with E-state index in [-0.39, 0.29) is 15.6 Å². The highest BCUT2D eigenvalue weighted by Crippen LogP contribution is 2.33. The Bertz CT molecular complexity index is 449. The van der Waals surface area contributed by atoms with E-state index in [9.17, 15) is 13.2 Å². The molecule has 1 rings (SSSR count). The van der Waals surface area contributed by atoms with Gasteiger partial charge in [0.15, 0.2) is 0 Å². The van der Waals surface area contributed by atoms with Crippen molar-refractivity contribution in [1.82, 2.24) is 0 Å². The van der Waals surface area contributed by atoms with Crippen LogP contribution in [0.25, 0.3) is 5.57 Å². The first-order valence-electron chi connectivity index (χ1n) is 5.10. The molecule has 76 valence electrons. The first kappa shape index (κ1) is 7.51. The standard InChI is InChI=1S/C10H8BrF3/c1-6-3-4-8(5-9(6)11)7(2)10(12,13)14/h3-5H,2H2,1H3/i1D3. The molecule has 14 heavy (non-hydrogen) atoms. The van der Waals surface area contributed by atoms with Gasteiger partial charge < -0.3 is 0 Å². The van der Waals surface area contributed by atoms with Crippen LogP contribution in [0.3, 0.4) is 0 Å². The summed E-state index contributed by atoms with van der Waals surface area (Å²) in [7, 11) is 0. The number of rotatable bonds is 1. The van der Waals surface area contributed by atoms with E-state index in [1.807, 2.05) is 0 Å². The fourth-order valence-electron chi connectivity index (χ4n) is 0.866. The van der Waals surface area contributed by atoms with Crippen LogP contribution in [0.2, 0.25) is 0 Å². The van der Waals surface area contributed by atoms with Crippen molar-refractivity contribution in [1.29, 1.82) is 0 Å². The van der Waals surface area contributed by atoms with Gasteiger partial charge in [0.1, 0.15) is 0 Å². The molecule has 0 aliphatic carbocycles. The Morgan fingerprint density at radius 1 is 1.50 bits per heavy atom. The first-order chi connectivity index (χ1) is 7.53. The number of halogens is 4. The summed E-state index contributed by atoms with van der Waals surface area (Å²) >= 11 is 2.95. The molecule has 0 heterocycles. The highest BCUT2D eigenvalue weighted by Gasteiger charge is 2.32. The molecule has 0 amide bonds. The third kappa shape index (κ3) is 2.38. The normalized spacial score (nSPS) is 15.6. The van der Waals surface area contributed by atoms with E-state index in [0.717, 1.165) is 18.2 Å². The van der Waals surface area contributed by atoms with Crippen molar-refractivity contribution in [2.45, 2.75) is 13.0 Å². The van der Waals surface area contributed by atoms with Gasteiger partial charge in [-0.05, 0) is 24.0 Å². The molecule has 0 aromatic heterocycles. The molecule has 0 aliphatic rings. The van der Waals surface area contributed by atoms with Gasteiger partial charge in [-0.25, -0.2) is 0 Å². The lowest BCUT2D eigenvalue weighted by Gasteiger charge is -2.10. The summed E-state index contributed by atoms with van der Waals surface area (Å²) in [6, 6.07) is 3.35. The van der Waals surface area contributed by atoms with Gasteiger partial charge in [-0.15, -0.1) is 0 Å². The largest absolute Gasteiger partial charge is 0.416 e. The minimum Gasteiger partial charge on any atom is -0.166 e. The minimum absolute atomic E-state index is 0.0313. The zero-order valence-corrected chi connectivity index (χ0v) is 8.54. The maximum Gasteiger partial charge on any atom is 0.416 e. The second-order valence-electron chi connectivity index (χ2n) is 2.67. The number of hydrogen-bond acceptors (Lipinski definition) is 0. The third-order valence-electron chi connectivity index (χ3n) is 1.66. The van der Waals surface area contributed by atoms with Crippen LogP contribution < -0.4 is 0 Å². The van der Waals surface area contributed by atoms with Gasteiger partial charge in [0.05, 0.1) is 5.57 Å². The van der Waals surface area contributed by atoms with Crippen molar-refractivity contribution >= 4 is 21.5 Å². The minimum atomic E-state index is -4.53. The van der Waals surface area contributed by atoms with Crippen molar-refractivity contribution < 1.29 is 17.3 Å². The van der Waals surface area contributed by atoms with Crippen molar-refractivity contribution in [2.75, 3.05) is 0 Å². The van der Waals surface area contributed by atoms with Crippen molar-refractivity contribution in [3.8, 4) is 0 Å². The van der Waals surface area contributed by atoms with Crippen molar-refractivity contribution in [3.63, 3.8) is 0 Å². The summed E-state index contributed by atoms with van der Waals surface area (Å²) in [5, 5.41) is 0. The second-order valence-corrected chi connectivity index (χ2v) is 3.53. The summed E-state index contributed by atoms with van der Waals surface area (Å²) in [4.78, 5) is 0. The van der Waals surface area contributed by atoms with Gasteiger partial charge >= 0.3 is 6.18 Å². The van der Waals surface area contributed by atoms with Crippen LogP contribution in [0.5, 0.6) is 0 Å². The smallest absolute Gasteiger partial charge is 0.166 e. The Hall–Kier alpha value is -0.770.